The predicted molar refractivity (Wildman–Crippen MR) is 115 cm³/mol. The molecule has 8 heteroatoms. The molecule has 1 heterocycles. The minimum absolute atomic E-state index is 0.255. The SMILES string of the molecule is CC(C)Cn1c(SC(C)C(=O)Nc2ccccc2C#N)nnc1-c1ccccc1F. The van der Waals surface area contributed by atoms with Crippen molar-refractivity contribution in [2.24, 2.45) is 5.92 Å². The van der Waals surface area contributed by atoms with E-state index < -0.39 is 5.25 Å². The van der Waals surface area contributed by atoms with Crippen LogP contribution < -0.4 is 5.32 Å². The van der Waals surface area contributed by atoms with E-state index in [4.69, 9.17) is 0 Å². The number of aromatic nitrogens is 3. The van der Waals surface area contributed by atoms with Gasteiger partial charge in [0.05, 0.1) is 22.1 Å². The van der Waals surface area contributed by atoms with Gasteiger partial charge in [-0.15, -0.1) is 10.2 Å². The van der Waals surface area contributed by atoms with E-state index >= 15 is 0 Å². The smallest absolute Gasteiger partial charge is 0.237 e. The summed E-state index contributed by atoms with van der Waals surface area (Å²) < 4.78 is 16.2. The van der Waals surface area contributed by atoms with Crippen molar-refractivity contribution in [1.82, 2.24) is 14.8 Å². The van der Waals surface area contributed by atoms with Crippen LogP contribution in [0.3, 0.4) is 0 Å². The monoisotopic (exact) mass is 423 g/mol. The van der Waals surface area contributed by atoms with Crippen LogP contribution in [0.2, 0.25) is 0 Å². The van der Waals surface area contributed by atoms with E-state index in [-0.39, 0.29) is 17.6 Å². The van der Waals surface area contributed by atoms with E-state index in [9.17, 15) is 14.4 Å². The molecule has 30 heavy (non-hydrogen) atoms. The Morgan fingerprint density at radius 2 is 1.87 bits per heavy atom. The van der Waals surface area contributed by atoms with Gasteiger partial charge in [-0.3, -0.25) is 4.79 Å². The highest BCUT2D eigenvalue weighted by Gasteiger charge is 2.23. The third-order valence-electron chi connectivity index (χ3n) is 4.34. The molecule has 0 radical (unpaired) electrons. The molecular formula is C22H22FN5OS. The Labute approximate surface area is 179 Å². The van der Waals surface area contributed by atoms with Gasteiger partial charge < -0.3 is 9.88 Å². The largest absolute Gasteiger partial charge is 0.324 e. The molecule has 1 atom stereocenters. The number of halogens is 1. The number of carbonyl (C=O) groups is 1. The van der Waals surface area contributed by atoms with Gasteiger partial charge in [-0.05, 0) is 37.1 Å². The molecule has 154 valence electrons. The van der Waals surface area contributed by atoms with Crippen molar-refractivity contribution in [3.63, 3.8) is 0 Å². The van der Waals surface area contributed by atoms with E-state index in [1.807, 2.05) is 4.57 Å². The molecule has 1 unspecified atom stereocenters. The zero-order valence-corrected chi connectivity index (χ0v) is 17.8. The molecule has 0 spiro atoms. The summed E-state index contributed by atoms with van der Waals surface area (Å²) in [5.41, 5.74) is 1.23. The van der Waals surface area contributed by atoms with Crippen LogP contribution in [0.15, 0.2) is 53.7 Å². The second-order valence-electron chi connectivity index (χ2n) is 7.20. The van der Waals surface area contributed by atoms with Crippen LogP contribution in [-0.4, -0.2) is 25.9 Å². The van der Waals surface area contributed by atoms with Gasteiger partial charge in [-0.25, -0.2) is 4.39 Å². The molecule has 0 aliphatic carbocycles. The molecule has 3 aromatic rings. The number of nitrogens with zero attached hydrogens (tertiary/aromatic N) is 4. The highest BCUT2D eigenvalue weighted by atomic mass is 32.2. The Morgan fingerprint density at radius 3 is 2.57 bits per heavy atom. The Kier molecular flexibility index (Phi) is 6.85. The van der Waals surface area contributed by atoms with Crippen LogP contribution in [0, 0.1) is 23.1 Å². The Morgan fingerprint density at radius 1 is 1.17 bits per heavy atom. The van der Waals surface area contributed by atoms with Crippen LogP contribution in [0.5, 0.6) is 0 Å². The minimum Gasteiger partial charge on any atom is -0.324 e. The molecule has 2 aromatic carbocycles. The van der Waals surface area contributed by atoms with E-state index in [1.165, 1.54) is 17.8 Å². The highest BCUT2D eigenvalue weighted by molar-refractivity contribution is 8.00. The van der Waals surface area contributed by atoms with Crippen LogP contribution in [0.4, 0.5) is 10.1 Å². The fourth-order valence-corrected chi connectivity index (χ4v) is 3.74. The van der Waals surface area contributed by atoms with Crippen molar-refractivity contribution < 1.29 is 9.18 Å². The predicted octanol–water partition coefficient (Wildman–Crippen LogP) is 4.73. The molecule has 0 aliphatic heterocycles. The fourth-order valence-electron chi connectivity index (χ4n) is 2.88. The third-order valence-corrected chi connectivity index (χ3v) is 5.42. The number of nitriles is 1. The topological polar surface area (TPSA) is 83.6 Å². The molecular weight excluding hydrogens is 401 g/mol. The van der Waals surface area contributed by atoms with Crippen LogP contribution in [0.1, 0.15) is 26.3 Å². The highest BCUT2D eigenvalue weighted by Crippen LogP contribution is 2.29. The van der Waals surface area contributed by atoms with E-state index in [2.05, 4.69) is 35.4 Å². The van der Waals surface area contributed by atoms with E-state index in [1.54, 1.807) is 49.4 Å². The van der Waals surface area contributed by atoms with E-state index in [0.717, 1.165) is 0 Å². The number of hydrogen-bond donors (Lipinski definition) is 1. The van der Waals surface area contributed by atoms with Crippen molar-refractivity contribution in [2.45, 2.75) is 37.7 Å². The normalized spacial score (nSPS) is 11.9. The lowest BCUT2D eigenvalue weighted by atomic mass is 10.2. The van der Waals surface area contributed by atoms with Gasteiger partial charge >= 0.3 is 0 Å². The summed E-state index contributed by atoms with van der Waals surface area (Å²) in [6, 6.07) is 15.3. The first-order chi connectivity index (χ1) is 14.4. The lowest BCUT2D eigenvalue weighted by molar-refractivity contribution is -0.115. The summed E-state index contributed by atoms with van der Waals surface area (Å²) in [6.07, 6.45) is 0. The van der Waals surface area contributed by atoms with Gasteiger partial charge in [0.2, 0.25) is 5.91 Å². The number of anilines is 1. The molecule has 1 N–H and O–H groups in total. The number of nitrogens with one attached hydrogen (secondary N) is 1. The van der Waals surface area contributed by atoms with Gasteiger partial charge in [0, 0.05) is 6.54 Å². The number of rotatable bonds is 7. The number of carbonyl (C=O) groups excluding carboxylic acids is 1. The maximum Gasteiger partial charge on any atom is 0.237 e. The first-order valence-electron chi connectivity index (χ1n) is 9.55. The molecule has 0 saturated heterocycles. The molecule has 1 amide bonds. The third kappa shape index (κ3) is 4.86. The van der Waals surface area contributed by atoms with Crippen molar-refractivity contribution in [3.05, 3.63) is 59.9 Å². The molecule has 0 saturated carbocycles. The summed E-state index contributed by atoms with van der Waals surface area (Å²) in [5.74, 6) is 0.0869. The average molecular weight is 424 g/mol. The number of hydrogen-bond acceptors (Lipinski definition) is 5. The zero-order chi connectivity index (χ0) is 21.7. The molecule has 1 aromatic heterocycles. The second-order valence-corrected chi connectivity index (χ2v) is 8.51. The Bertz CT molecular complexity index is 1090. The van der Waals surface area contributed by atoms with Gasteiger partial charge in [-0.2, -0.15) is 5.26 Å². The van der Waals surface area contributed by atoms with Gasteiger partial charge in [-0.1, -0.05) is 49.9 Å². The molecule has 0 bridgehead atoms. The summed E-state index contributed by atoms with van der Waals surface area (Å²) in [7, 11) is 0. The van der Waals surface area contributed by atoms with Crippen LogP contribution >= 0.6 is 11.8 Å². The number of thioether (sulfide) groups is 1. The summed E-state index contributed by atoms with van der Waals surface area (Å²) in [6.45, 7) is 6.44. The Balaban J connectivity index is 1.84. The second kappa shape index (κ2) is 9.55. The average Bonchev–Trinajstić information content (AvgIpc) is 3.10. The van der Waals surface area contributed by atoms with Crippen molar-refractivity contribution in [3.8, 4) is 17.5 Å². The molecule has 0 aliphatic rings. The van der Waals surface area contributed by atoms with Crippen molar-refractivity contribution in [1.29, 1.82) is 5.26 Å². The standard InChI is InChI=1S/C22H22FN5OS/c1-14(2)13-28-20(17-9-5-6-10-18(17)23)26-27-22(28)30-15(3)21(29)25-19-11-7-4-8-16(19)12-24/h4-11,14-15H,13H2,1-3H3,(H,25,29). The van der Waals surface area contributed by atoms with Gasteiger partial charge in [0.25, 0.3) is 0 Å². The first kappa shape index (κ1) is 21.5. The first-order valence-corrected chi connectivity index (χ1v) is 10.4. The van der Waals surface area contributed by atoms with E-state index in [0.29, 0.717) is 34.3 Å². The van der Waals surface area contributed by atoms with Crippen LogP contribution in [0.25, 0.3) is 11.4 Å². The van der Waals surface area contributed by atoms with Crippen molar-refractivity contribution >= 4 is 23.4 Å². The van der Waals surface area contributed by atoms with Crippen molar-refractivity contribution in [2.75, 3.05) is 5.32 Å². The maximum atomic E-state index is 14.3. The summed E-state index contributed by atoms with van der Waals surface area (Å²) in [4.78, 5) is 12.7. The summed E-state index contributed by atoms with van der Waals surface area (Å²) >= 11 is 1.25. The number of para-hydroxylation sites is 1. The van der Waals surface area contributed by atoms with Gasteiger partial charge in [0.1, 0.15) is 11.9 Å². The molecule has 3 rings (SSSR count). The quantitative estimate of drug-likeness (QED) is 0.556. The lowest BCUT2D eigenvalue weighted by Gasteiger charge is -2.15. The number of amides is 1. The fraction of sp³-hybridized carbons (Fsp3) is 0.273. The Hall–Kier alpha value is -3.18. The zero-order valence-electron chi connectivity index (χ0n) is 17.0. The number of benzene rings is 2. The summed E-state index contributed by atoms with van der Waals surface area (Å²) in [5, 5.41) is 20.5. The van der Waals surface area contributed by atoms with Crippen LogP contribution in [-0.2, 0) is 11.3 Å². The lowest BCUT2D eigenvalue weighted by Crippen LogP contribution is -2.23. The molecule has 0 fully saturated rings. The maximum absolute atomic E-state index is 14.3. The molecule has 6 nitrogen and oxygen atoms in total. The van der Waals surface area contributed by atoms with Gasteiger partial charge in [0.15, 0.2) is 11.0 Å². The minimum atomic E-state index is -0.500.